The summed E-state index contributed by atoms with van der Waals surface area (Å²) in [4.78, 5) is 12.3. The minimum Gasteiger partial charge on any atom is -0.499 e. The SMILES string of the molecule is COC1=CC(Cl)C(OC)CC1NC(=O)COc1ccc(-n2cnnn2)cc1. The molecule has 27 heavy (non-hydrogen) atoms. The summed E-state index contributed by atoms with van der Waals surface area (Å²) in [6.45, 7) is -0.125. The van der Waals surface area contributed by atoms with Crippen LogP contribution in [0.5, 0.6) is 5.75 Å². The Labute approximate surface area is 161 Å². The molecule has 0 saturated heterocycles. The maximum atomic E-state index is 12.3. The smallest absolute Gasteiger partial charge is 0.258 e. The van der Waals surface area contributed by atoms with E-state index in [1.807, 2.05) is 0 Å². The predicted octanol–water partition coefficient (Wildman–Crippen LogP) is 1.08. The van der Waals surface area contributed by atoms with Crippen LogP contribution in [0, 0.1) is 0 Å². The van der Waals surface area contributed by atoms with Crippen molar-refractivity contribution < 1.29 is 19.0 Å². The van der Waals surface area contributed by atoms with E-state index in [1.165, 1.54) is 11.0 Å². The number of hydrogen-bond acceptors (Lipinski definition) is 7. The van der Waals surface area contributed by atoms with E-state index in [0.717, 1.165) is 5.69 Å². The van der Waals surface area contributed by atoms with Gasteiger partial charge in [0.25, 0.3) is 5.91 Å². The van der Waals surface area contributed by atoms with Crippen LogP contribution >= 0.6 is 11.6 Å². The third-order valence-electron chi connectivity index (χ3n) is 4.18. The van der Waals surface area contributed by atoms with Gasteiger partial charge in [0.2, 0.25) is 0 Å². The standard InChI is InChI=1S/C17H20ClN5O4/c1-25-15-8-14(16(26-2)7-13(15)18)20-17(24)9-27-12-5-3-11(4-6-12)23-10-19-21-22-23/h3-7,10,13-15H,8-9H2,1-2H3,(H,20,24). The van der Waals surface area contributed by atoms with Gasteiger partial charge in [0.15, 0.2) is 6.61 Å². The van der Waals surface area contributed by atoms with E-state index in [9.17, 15) is 4.79 Å². The molecule has 10 heteroatoms. The van der Waals surface area contributed by atoms with Crippen molar-refractivity contribution in [1.29, 1.82) is 0 Å². The second-order valence-corrected chi connectivity index (χ2v) is 6.39. The number of methoxy groups -OCH3 is 2. The summed E-state index contributed by atoms with van der Waals surface area (Å²) < 4.78 is 17.7. The van der Waals surface area contributed by atoms with Crippen LogP contribution in [0.3, 0.4) is 0 Å². The molecule has 1 amide bonds. The third-order valence-corrected chi connectivity index (χ3v) is 4.59. The Morgan fingerprint density at radius 2 is 2.11 bits per heavy atom. The second kappa shape index (κ2) is 8.83. The average Bonchev–Trinajstić information content (AvgIpc) is 3.22. The van der Waals surface area contributed by atoms with Gasteiger partial charge in [-0.2, -0.15) is 0 Å². The lowest BCUT2D eigenvalue weighted by Gasteiger charge is -2.31. The summed E-state index contributed by atoms with van der Waals surface area (Å²) in [6, 6.07) is 6.75. The minimum atomic E-state index is -0.312. The number of rotatable bonds is 7. The molecule has 1 heterocycles. The van der Waals surface area contributed by atoms with Crippen molar-refractivity contribution in [2.24, 2.45) is 0 Å². The first kappa shape index (κ1) is 19.1. The zero-order valence-electron chi connectivity index (χ0n) is 14.9. The molecule has 9 nitrogen and oxygen atoms in total. The first-order valence-electron chi connectivity index (χ1n) is 8.29. The number of nitrogens with zero attached hydrogens (tertiary/aromatic N) is 4. The van der Waals surface area contributed by atoms with Crippen molar-refractivity contribution in [3.63, 3.8) is 0 Å². The Balaban J connectivity index is 1.54. The molecular formula is C17H20ClN5O4. The van der Waals surface area contributed by atoms with Gasteiger partial charge in [-0.05, 0) is 40.8 Å². The maximum Gasteiger partial charge on any atom is 0.258 e. The van der Waals surface area contributed by atoms with E-state index in [0.29, 0.717) is 17.9 Å². The Morgan fingerprint density at radius 3 is 2.74 bits per heavy atom. The monoisotopic (exact) mass is 393 g/mol. The number of benzene rings is 1. The van der Waals surface area contributed by atoms with Crippen molar-refractivity contribution in [2.45, 2.75) is 23.9 Å². The number of carbonyl (C=O) groups is 1. The zero-order valence-corrected chi connectivity index (χ0v) is 15.7. The van der Waals surface area contributed by atoms with E-state index >= 15 is 0 Å². The van der Waals surface area contributed by atoms with Crippen molar-refractivity contribution in [3.8, 4) is 11.4 Å². The normalized spacial score (nSPS) is 22.0. The summed E-state index contributed by atoms with van der Waals surface area (Å²) in [5, 5.41) is 13.5. The third kappa shape index (κ3) is 4.75. The lowest BCUT2D eigenvalue weighted by atomic mass is 9.97. The Hall–Kier alpha value is -2.65. The summed E-state index contributed by atoms with van der Waals surface area (Å²) in [6.07, 6.45) is 3.57. The highest BCUT2D eigenvalue weighted by Crippen LogP contribution is 2.25. The number of tetrazole rings is 1. The summed E-state index contributed by atoms with van der Waals surface area (Å²) in [5.74, 6) is 0.904. The molecule has 0 bridgehead atoms. The van der Waals surface area contributed by atoms with Gasteiger partial charge in [0.1, 0.15) is 17.8 Å². The molecule has 1 aromatic carbocycles. The molecule has 3 atom stereocenters. The molecule has 144 valence electrons. The maximum absolute atomic E-state index is 12.3. The zero-order chi connectivity index (χ0) is 19.2. The lowest BCUT2D eigenvalue weighted by molar-refractivity contribution is -0.124. The van der Waals surface area contributed by atoms with Crippen LogP contribution in [0.2, 0.25) is 0 Å². The van der Waals surface area contributed by atoms with Crippen LogP contribution in [0.15, 0.2) is 42.4 Å². The van der Waals surface area contributed by atoms with Crippen LogP contribution in [-0.4, -0.2) is 64.5 Å². The molecule has 0 saturated carbocycles. The first-order valence-corrected chi connectivity index (χ1v) is 8.72. The fraction of sp³-hybridized carbons (Fsp3) is 0.412. The molecule has 0 spiro atoms. The highest BCUT2D eigenvalue weighted by atomic mass is 35.5. The Morgan fingerprint density at radius 1 is 1.33 bits per heavy atom. The molecule has 2 aromatic rings. The van der Waals surface area contributed by atoms with Gasteiger partial charge in [0.05, 0.1) is 30.3 Å². The number of alkyl halides is 1. The fourth-order valence-corrected chi connectivity index (χ4v) is 3.11. The molecule has 1 aliphatic carbocycles. The lowest BCUT2D eigenvalue weighted by Crippen LogP contribution is -2.45. The summed E-state index contributed by atoms with van der Waals surface area (Å²) >= 11 is 6.22. The number of hydrogen-bond donors (Lipinski definition) is 1. The van der Waals surface area contributed by atoms with E-state index in [1.54, 1.807) is 44.6 Å². The second-order valence-electron chi connectivity index (χ2n) is 5.88. The number of aromatic nitrogens is 4. The summed E-state index contributed by atoms with van der Waals surface area (Å²) in [5.41, 5.74) is 0.787. The topological polar surface area (TPSA) is 100 Å². The van der Waals surface area contributed by atoms with Gasteiger partial charge in [-0.1, -0.05) is 0 Å². The molecule has 0 radical (unpaired) electrons. The van der Waals surface area contributed by atoms with Gasteiger partial charge in [0, 0.05) is 13.5 Å². The van der Waals surface area contributed by atoms with E-state index < -0.39 is 0 Å². The van der Waals surface area contributed by atoms with Crippen LogP contribution in [0.25, 0.3) is 5.69 Å². The average molecular weight is 394 g/mol. The van der Waals surface area contributed by atoms with Gasteiger partial charge in [-0.25, -0.2) is 4.68 Å². The number of ether oxygens (including phenoxy) is 3. The van der Waals surface area contributed by atoms with Crippen molar-refractivity contribution in [1.82, 2.24) is 25.5 Å². The molecule has 0 fully saturated rings. The van der Waals surface area contributed by atoms with Crippen LogP contribution in [-0.2, 0) is 14.3 Å². The van der Waals surface area contributed by atoms with E-state index in [-0.39, 0.29) is 30.0 Å². The number of nitrogens with one attached hydrogen (secondary N) is 1. The van der Waals surface area contributed by atoms with E-state index in [2.05, 4.69) is 20.8 Å². The highest BCUT2D eigenvalue weighted by Gasteiger charge is 2.32. The largest absolute Gasteiger partial charge is 0.499 e. The van der Waals surface area contributed by atoms with Crippen molar-refractivity contribution in [2.75, 3.05) is 20.8 Å². The fourth-order valence-electron chi connectivity index (χ4n) is 2.79. The Bertz CT molecular complexity index is 781. The molecule has 0 aliphatic heterocycles. The molecule has 1 N–H and O–H groups in total. The quantitative estimate of drug-likeness (QED) is 0.702. The van der Waals surface area contributed by atoms with Crippen LogP contribution in [0.1, 0.15) is 6.42 Å². The number of halogens is 1. The van der Waals surface area contributed by atoms with E-state index in [4.69, 9.17) is 25.8 Å². The summed E-state index contributed by atoms with van der Waals surface area (Å²) in [7, 11) is 3.14. The Kier molecular flexibility index (Phi) is 6.25. The van der Waals surface area contributed by atoms with Gasteiger partial charge < -0.3 is 19.5 Å². The van der Waals surface area contributed by atoms with Gasteiger partial charge in [-0.3, -0.25) is 4.79 Å². The van der Waals surface area contributed by atoms with Gasteiger partial charge >= 0.3 is 0 Å². The van der Waals surface area contributed by atoms with Gasteiger partial charge in [-0.15, -0.1) is 16.7 Å². The minimum absolute atomic E-state index is 0.125. The van der Waals surface area contributed by atoms with Crippen molar-refractivity contribution in [3.05, 3.63) is 42.4 Å². The van der Waals surface area contributed by atoms with Crippen LogP contribution < -0.4 is 10.1 Å². The molecule has 1 aromatic heterocycles. The number of amides is 1. The molecule has 3 rings (SSSR count). The predicted molar refractivity (Wildman–Crippen MR) is 96.7 cm³/mol. The van der Waals surface area contributed by atoms with Crippen LogP contribution in [0.4, 0.5) is 0 Å². The highest BCUT2D eigenvalue weighted by molar-refractivity contribution is 6.22. The molecule has 3 unspecified atom stereocenters. The first-order chi connectivity index (χ1) is 13.1. The molecule has 1 aliphatic rings. The van der Waals surface area contributed by atoms with Crippen molar-refractivity contribution >= 4 is 17.5 Å². The molecular weight excluding hydrogens is 374 g/mol. The number of carbonyl (C=O) groups excluding carboxylic acids is 1.